The second-order valence-corrected chi connectivity index (χ2v) is 3.25. The number of aliphatic imine (C=N–C) groups is 1. The van der Waals surface area contributed by atoms with Crippen LogP contribution in [0.15, 0.2) is 21.6 Å². The predicted octanol–water partition coefficient (Wildman–Crippen LogP) is 3.57. The minimum Gasteiger partial charge on any atom is -0.211 e. The van der Waals surface area contributed by atoms with Crippen molar-refractivity contribution in [1.29, 1.82) is 0 Å². The lowest BCUT2D eigenvalue weighted by Crippen LogP contribution is -2.09. The molecule has 0 bridgehead atoms. The van der Waals surface area contributed by atoms with Gasteiger partial charge in [0.15, 0.2) is 0 Å². The second-order valence-electron chi connectivity index (χ2n) is 2.46. The number of benzene rings is 1. The van der Waals surface area contributed by atoms with E-state index in [4.69, 9.17) is 0 Å². The van der Waals surface area contributed by atoms with E-state index in [2.05, 4.69) is 20.9 Å². The molecule has 2 nitrogen and oxygen atoms in total. The fraction of sp³-hybridized carbons (Fsp3) is 0.125. The molecule has 0 unspecified atom stereocenters. The van der Waals surface area contributed by atoms with Gasteiger partial charge in [0.05, 0.1) is 10.2 Å². The number of isocyanates is 1. The summed E-state index contributed by atoms with van der Waals surface area (Å²) in [6.07, 6.45) is -3.77. The molecule has 1 aromatic rings. The van der Waals surface area contributed by atoms with Gasteiger partial charge in [-0.25, -0.2) is 9.18 Å². The van der Waals surface area contributed by atoms with Gasteiger partial charge in [0.25, 0.3) is 0 Å². The molecular formula is C8H2BrF4NO. The van der Waals surface area contributed by atoms with Crippen molar-refractivity contribution in [2.24, 2.45) is 4.99 Å². The zero-order valence-corrected chi connectivity index (χ0v) is 8.49. The van der Waals surface area contributed by atoms with Crippen LogP contribution in [0, 0.1) is 5.82 Å². The third-order valence-electron chi connectivity index (χ3n) is 1.52. The summed E-state index contributed by atoms with van der Waals surface area (Å²) < 4.78 is 49.2. The molecule has 0 atom stereocenters. The van der Waals surface area contributed by atoms with Crippen LogP contribution in [0.3, 0.4) is 0 Å². The third kappa shape index (κ3) is 2.43. The van der Waals surface area contributed by atoms with E-state index in [9.17, 15) is 22.4 Å². The first-order valence-electron chi connectivity index (χ1n) is 3.51. The van der Waals surface area contributed by atoms with Crippen LogP contribution >= 0.6 is 15.9 Å². The summed E-state index contributed by atoms with van der Waals surface area (Å²) in [4.78, 5) is 12.9. The van der Waals surface area contributed by atoms with Crippen LogP contribution in [-0.2, 0) is 11.0 Å². The predicted molar refractivity (Wildman–Crippen MR) is 46.9 cm³/mol. The van der Waals surface area contributed by atoms with Crippen molar-refractivity contribution in [1.82, 2.24) is 0 Å². The van der Waals surface area contributed by atoms with E-state index in [-0.39, 0.29) is 5.69 Å². The lowest BCUT2D eigenvalue weighted by Gasteiger charge is -2.10. The Hall–Kier alpha value is -1.20. The maximum Gasteiger partial charge on any atom is 0.420 e. The first-order chi connectivity index (χ1) is 6.88. The highest BCUT2D eigenvalue weighted by Crippen LogP contribution is 2.40. The minimum absolute atomic E-state index is 0.321. The van der Waals surface area contributed by atoms with Crippen molar-refractivity contribution in [2.75, 3.05) is 0 Å². The summed E-state index contributed by atoms with van der Waals surface area (Å²) in [5, 5.41) is 0. The molecule has 1 rings (SSSR count). The van der Waals surface area contributed by atoms with Gasteiger partial charge in [-0.1, -0.05) is 0 Å². The van der Waals surface area contributed by atoms with Crippen molar-refractivity contribution in [3.05, 3.63) is 28.0 Å². The van der Waals surface area contributed by atoms with Crippen LogP contribution in [0.2, 0.25) is 0 Å². The number of alkyl halides is 3. The molecule has 7 heteroatoms. The number of carbonyl (C=O) groups excluding carboxylic acids is 1. The van der Waals surface area contributed by atoms with E-state index in [1.807, 2.05) is 0 Å². The Morgan fingerprint density at radius 2 is 1.93 bits per heavy atom. The Morgan fingerprint density at radius 3 is 2.40 bits per heavy atom. The van der Waals surface area contributed by atoms with Crippen LogP contribution in [0.5, 0.6) is 0 Å². The molecule has 0 heterocycles. The van der Waals surface area contributed by atoms with E-state index in [0.29, 0.717) is 6.07 Å². The van der Waals surface area contributed by atoms with Crippen LogP contribution in [-0.4, -0.2) is 6.08 Å². The highest BCUT2D eigenvalue weighted by Gasteiger charge is 2.37. The fourth-order valence-electron chi connectivity index (χ4n) is 0.937. The highest BCUT2D eigenvalue weighted by molar-refractivity contribution is 9.10. The van der Waals surface area contributed by atoms with Gasteiger partial charge in [-0.3, -0.25) is 0 Å². The number of hydrogen-bond acceptors (Lipinski definition) is 2. The van der Waals surface area contributed by atoms with Crippen LogP contribution in [0.4, 0.5) is 23.2 Å². The smallest absolute Gasteiger partial charge is 0.211 e. The Bertz CT molecular complexity index is 437. The summed E-state index contributed by atoms with van der Waals surface area (Å²) in [6.45, 7) is 0. The summed E-state index contributed by atoms with van der Waals surface area (Å²) in [5.41, 5.74) is -1.81. The molecule has 0 saturated carbocycles. The van der Waals surface area contributed by atoms with E-state index < -0.39 is 22.0 Å². The molecule has 0 N–H and O–H groups in total. The molecule has 0 fully saturated rings. The molecule has 0 radical (unpaired) electrons. The first kappa shape index (κ1) is 11.9. The van der Waals surface area contributed by atoms with Gasteiger partial charge in [0, 0.05) is 0 Å². The lowest BCUT2D eigenvalue weighted by molar-refractivity contribution is -0.140. The lowest BCUT2D eigenvalue weighted by atomic mass is 10.2. The Labute approximate surface area is 89.7 Å². The van der Waals surface area contributed by atoms with Gasteiger partial charge in [0.2, 0.25) is 6.08 Å². The average Bonchev–Trinajstić information content (AvgIpc) is 2.08. The molecule has 0 aliphatic heterocycles. The van der Waals surface area contributed by atoms with Crippen LogP contribution < -0.4 is 0 Å². The SMILES string of the molecule is O=C=Nc1ccc(F)c(C(F)(F)F)c1Br. The molecule has 0 aromatic heterocycles. The van der Waals surface area contributed by atoms with Crippen molar-refractivity contribution in [2.45, 2.75) is 6.18 Å². The van der Waals surface area contributed by atoms with Crippen LogP contribution in [0.25, 0.3) is 0 Å². The van der Waals surface area contributed by atoms with Gasteiger partial charge in [-0.05, 0) is 28.1 Å². The summed E-state index contributed by atoms with van der Waals surface area (Å²) in [6, 6.07) is 1.53. The number of rotatable bonds is 1. The van der Waals surface area contributed by atoms with Crippen molar-refractivity contribution >= 4 is 27.7 Å². The van der Waals surface area contributed by atoms with E-state index >= 15 is 0 Å². The second kappa shape index (κ2) is 4.12. The summed E-state index contributed by atoms with van der Waals surface area (Å²) >= 11 is 2.54. The van der Waals surface area contributed by atoms with E-state index in [1.54, 1.807) is 0 Å². The largest absolute Gasteiger partial charge is 0.420 e. The number of nitrogens with zero attached hydrogens (tertiary/aromatic N) is 1. The molecule has 80 valence electrons. The first-order valence-corrected chi connectivity index (χ1v) is 4.30. The zero-order valence-electron chi connectivity index (χ0n) is 6.90. The number of halogens is 5. The van der Waals surface area contributed by atoms with Gasteiger partial charge in [-0.15, -0.1) is 0 Å². The maximum absolute atomic E-state index is 12.9. The molecule has 0 aliphatic rings. The molecule has 0 saturated heterocycles. The monoisotopic (exact) mass is 283 g/mol. The Kier molecular flexibility index (Phi) is 3.26. The highest BCUT2D eigenvalue weighted by atomic mass is 79.9. The molecular weight excluding hydrogens is 282 g/mol. The average molecular weight is 284 g/mol. The topological polar surface area (TPSA) is 29.4 Å². The number of hydrogen-bond donors (Lipinski definition) is 0. The zero-order chi connectivity index (χ0) is 11.6. The fourth-order valence-corrected chi connectivity index (χ4v) is 1.57. The molecule has 0 aliphatic carbocycles. The van der Waals surface area contributed by atoms with Crippen molar-refractivity contribution in [3.63, 3.8) is 0 Å². The van der Waals surface area contributed by atoms with Crippen LogP contribution in [0.1, 0.15) is 5.56 Å². The Morgan fingerprint density at radius 1 is 1.33 bits per heavy atom. The molecule has 0 spiro atoms. The summed E-state index contributed by atoms with van der Waals surface area (Å²) in [7, 11) is 0. The van der Waals surface area contributed by atoms with E-state index in [1.165, 1.54) is 0 Å². The van der Waals surface area contributed by atoms with Gasteiger partial charge < -0.3 is 0 Å². The van der Waals surface area contributed by atoms with Gasteiger partial charge >= 0.3 is 6.18 Å². The van der Waals surface area contributed by atoms with E-state index in [0.717, 1.165) is 12.1 Å². The molecule has 15 heavy (non-hydrogen) atoms. The Balaban J connectivity index is 3.50. The third-order valence-corrected chi connectivity index (χ3v) is 2.32. The molecule has 0 amide bonds. The maximum atomic E-state index is 12.9. The normalized spacial score (nSPS) is 11.0. The van der Waals surface area contributed by atoms with Crippen molar-refractivity contribution < 1.29 is 22.4 Å². The van der Waals surface area contributed by atoms with Gasteiger partial charge in [0.1, 0.15) is 11.4 Å². The quantitative estimate of drug-likeness (QED) is 0.440. The standard InChI is InChI=1S/C8H2BrF4NO/c9-7-5(14-3-15)2-1-4(10)6(7)8(11,12)13/h1-2H. The molecule has 1 aromatic carbocycles. The summed E-state index contributed by atoms with van der Waals surface area (Å²) in [5.74, 6) is -1.43. The van der Waals surface area contributed by atoms with Crippen molar-refractivity contribution in [3.8, 4) is 0 Å². The minimum atomic E-state index is -4.85. The van der Waals surface area contributed by atoms with Gasteiger partial charge in [-0.2, -0.15) is 18.2 Å².